The van der Waals surface area contributed by atoms with Crippen LogP contribution in [0.3, 0.4) is 0 Å². The summed E-state index contributed by atoms with van der Waals surface area (Å²) in [5.74, 6) is -1.20. The van der Waals surface area contributed by atoms with Crippen LogP contribution in [0.4, 0.5) is 5.69 Å². The number of carboxylic acids is 1. The molecular weight excluding hydrogens is 228 g/mol. The lowest BCUT2D eigenvalue weighted by atomic mass is 10.2. The van der Waals surface area contributed by atoms with E-state index < -0.39 is 5.97 Å². The molecule has 12 heavy (non-hydrogen) atoms. The maximum absolute atomic E-state index is 10.5. The molecule has 0 amide bonds. The predicted molar refractivity (Wildman–Crippen MR) is 44.4 cm³/mol. The maximum atomic E-state index is 10.5. The zero-order valence-corrected chi connectivity index (χ0v) is 7.28. The molecule has 0 saturated heterocycles. The van der Waals surface area contributed by atoms with Crippen LogP contribution in [0, 0.1) is 4.91 Å². The number of rotatable bonds is 2. The van der Waals surface area contributed by atoms with Gasteiger partial charge in [-0.1, -0.05) is 0 Å². The summed E-state index contributed by atoms with van der Waals surface area (Å²) in [6.07, 6.45) is 1.10. The highest BCUT2D eigenvalue weighted by molar-refractivity contribution is 9.10. The minimum absolute atomic E-state index is 0.160. The van der Waals surface area contributed by atoms with Gasteiger partial charge in [-0.2, -0.15) is 0 Å². The van der Waals surface area contributed by atoms with Crippen molar-refractivity contribution in [2.45, 2.75) is 0 Å². The lowest BCUT2D eigenvalue weighted by Gasteiger charge is -1.96. The summed E-state index contributed by atoms with van der Waals surface area (Å²) in [4.78, 5) is 24.2. The molecule has 0 radical (unpaired) electrons. The van der Waals surface area contributed by atoms with E-state index in [1.165, 1.54) is 6.07 Å². The van der Waals surface area contributed by atoms with Gasteiger partial charge in [-0.25, -0.2) is 9.78 Å². The summed E-state index contributed by atoms with van der Waals surface area (Å²) >= 11 is 2.98. The number of carboxylic acid groups (broad SMARTS) is 1. The van der Waals surface area contributed by atoms with Crippen molar-refractivity contribution in [3.8, 4) is 0 Å². The number of carbonyl (C=O) groups is 1. The second-order valence-electron chi connectivity index (χ2n) is 1.92. The Morgan fingerprint density at radius 1 is 1.67 bits per heavy atom. The van der Waals surface area contributed by atoms with Gasteiger partial charge in [0, 0.05) is 0 Å². The van der Waals surface area contributed by atoms with Gasteiger partial charge in [0.15, 0.2) is 0 Å². The molecule has 0 aromatic carbocycles. The fourth-order valence-electron chi connectivity index (χ4n) is 0.667. The summed E-state index contributed by atoms with van der Waals surface area (Å²) in [6.45, 7) is 0. The van der Waals surface area contributed by atoms with Crippen molar-refractivity contribution in [3.63, 3.8) is 0 Å². The van der Waals surface area contributed by atoms with Crippen LogP contribution < -0.4 is 0 Å². The Balaban J connectivity index is 3.30. The van der Waals surface area contributed by atoms with E-state index in [2.05, 4.69) is 26.1 Å². The number of hydrogen-bond donors (Lipinski definition) is 1. The van der Waals surface area contributed by atoms with Gasteiger partial charge in [0.05, 0.1) is 11.8 Å². The summed E-state index contributed by atoms with van der Waals surface area (Å²) in [5, 5.41) is 11.1. The van der Waals surface area contributed by atoms with Gasteiger partial charge in [0.2, 0.25) is 0 Å². The van der Waals surface area contributed by atoms with Gasteiger partial charge in [0.1, 0.15) is 10.3 Å². The first-order valence-corrected chi connectivity index (χ1v) is 3.66. The van der Waals surface area contributed by atoms with E-state index in [0.717, 1.165) is 6.20 Å². The molecule has 0 saturated carbocycles. The van der Waals surface area contributed by atoms with Gasteiger partial charge in [-0.05, 0) is 27.2 Å². The predicted octanol–water partition coefficient (Wildman–Crippen LogP) is 1.94. The van der Waals surface area contributed by atoms with Crippen molar-refractivity contribution in [1.29, 1.82) is 0 Å². The Labute approximate surface area is 75.5 Å². The average molecular weight is 231 g/mol. The number of hydrogen-bond acceptors (Lipinski definition) is 4. The molecule has 0 aliphatic heterocycles. The van der Waals surface area contributed by atoms with Crippen LogP contribution >= 0.6 is 15.9 Å². The van der Waals surface area contributed by atoms with Gasteiger partial charge in [-0.15, -0.1) is 4.91 Å². The number of halogens is 1. The quantitative estimate of drug-likeness (QED) is 0.622. The van der Waals surface area contributed by atoms with Crippen molar-refractivity contribution in [2.24, 2.45) is 5.18 Å². The van der Waals surface area contributed by atoms with Crippen LogP contribution in [0.15, 0.2) is 22.0 Å². The Bertz CT molecular complexity index is 340. The highest BCUT2D eigenvalue weighted by Crippen LogP contribution is 2.20. The summed E-state index contributed by atoms with van der Waals surface area (Å²) < 4.78 is 0.354. The fourth-order valence-corrected chi connectivity index (χ4v) is 0.998. The third-order valence-electron chi connectivity index (χ3n) is 1.18. The van der Waals surface area contributed by atoms with Crippen molar-refractivity contribution in [1.82, 2.24) is 4.98 Å². The van der Waals surface area contributed by atoms with E-state index in [-0.39, 0.29) is 11.3 Å². The van der Waals surface area contributed by atoms with Crippen LogP contribution in [0.1, 0.15) is 10.4 Å². The molecular formula is C6H3BrN2O3. The van der Waals surface area contributed by atoms with Crippen molar-refractivity contribution >= 4 is 27.6 Å². The second-order valence-corrected chi connectivity index (χ2v) is 2.73. The molecule has 1 heterocycles. The first-order chi connectivity index (χ1) is 5.65. The molecule has 0 spiro atoms. The average Bonchev–Trinajstić information content (AvgIpc) is 2.04. The first kappa shape index (κ1) is 8.79. The van der Waals surface area contributed by atoms with Crippen LogP contribution in [0.25, 0.3) is 0 Å². The molecule has 1 rings (SSSR count). The van der Waals surface area contributed by atoms with E-state index in [0.29, 0.717) is 4.60 Å². The third-order valence-corrected chi connectivity index (χ3v) is 1.61. The van der Waals surface area contributed by atoms with E-state index in [1.54, 1.807) is 0 Å². The molecule has 1 aromatic rings. The van der Waals surface area contributed by atoms with E-state index in [9.17, 15) is 9.70 Å². The first-order valence-electron chi connectivity index (χ1n) is 2.87. The number of nitroso groups, excluding NO2 is 1. The number of aromatic nitrogens is 1. The van der Waals surface area contributed by atoms with Gasteiger partial charge >= 0.3 is 5.97 Å². The summed E-state index contributed by atoms with van der Waals surface area (Å²) in [6, 6.07) is 1.22. The van der Waals surface area contributed by atoms with Crippen LogP contribution in [0.5, 0.6) is 0 Å². The molecule has 1 N–H and O–H groups in total. The molecule has 0 fully saturated rings. The van der Waals surface area contributed by atoms with E-state index in [4.69, 9.17) is 5.11 Å². The van der Waals surface area contributed by atoms with Gasteiger partial charge in [0.25, 0.3) is 0 Å². The molecule has 0 bridgehead atoms. The molecule has 6 heteroatoms. The number of pyridine rings is 1. The lowest BCUT2D eigenvalue weighted by Crippen LogP contribution is -1.97. The Kier molecular flexibility index (Phi) is 2.49. The van der Waals surface area contributed by atoms with Crippen LogP contribution in [-0.4, -0.2) is 16.1 Å². The number of aromatic carboxylic acids is 1. The molecule has 0 atom stereocenters. The van der Waals surface area contributed by atoms with E-state index in [1.807, 2.05) is 0 Å². The van der Waals surface area contributed by atoms with Crippen molar-refractivity contribution < 1.29 is 9.90 Å². The van der Waals surface area contributed by atoms with E-state index >= 15 is 0 Å². The second kappa shape index (κ2) is 3.40. The highest BCUT2D eigenvalue weighted by atomic mass is 79.9. The zero-order valence-electron chi connectivity index (χ0n) is 5.69. The third kappa shape index (κ3) is 1.65. The van der Waals surface area contributed by atoms with Crippen LogP contribution in [0.2, 0.25) is 0 Å². The molecule has 5 nitrogen and oxygen atoms in total. The van der Waals surface area contributed by atoms with Gasteiger partial charge < -0.3 is 5.11 Å². The minimum atomic E-state index is -1.20. The molecule has 0 unspecified atom stereocenters. The zero-order chi connectivity index (χ0) is 9.14. The lowest BCUT2D eigenvalue weighted by molar-refractivity contribution is 0.0697. The standard InChI is InChI=1S/C6H3BrN2O3/c7-5-1-3(6(10)11)4(9-12)2-8-5/h1-2H,(H,10,11). The molecule has 0 aliphatic carbocycles. The normalized spacial score (nSPS) is 9.42. The SMILES string of the molecule is O=Nc1cnc(Br)cc1C(=O)O. The Morgan fingerprint density at radius 3 is 2.83 bits per heavy atom. The monoisotopic (exact) mass is 230 g/mol. The topological polar surface area (TPSA) is 79.6 Å². The molecule has 1 aromatic heterocycles. The molecule has 0 aliphatic rings. The minimum Gasteiger partial charge on any atom is -0.478 e. The maximum Gasteiger partial charge on any atom is 0.338 e. The molecule has 62 valence electrons. The fraction of sp³-hybridized carbons (Fsp3) is 0. The summed E-state index contributed by atoms with van der Waals surface area (Å²) in [7, 11) is 0. The summed E-state index contributed by atoms with van der Waals surface area (Å²) in [5.41, 5.74) is -0.336. The van der Waals surface area contributed by atoms with Crippen LogP contribution in [-0.2, 0) is 0 Å². The Morgan fingerprint density at radius 2 is 2.33 bits per heavy atom. The smallest absolute Gasteiger partial charge is 0.338 e. The Hall–Kier alpha value is -1.30. The largest absolute Gasteiger partial charge is 0.478 e. The van der Waals surface area contributed by atoms with Crippen molar-refractivity contribution in [3.05, 3.63) is 27.3 Å². The van der Waals surface area contributed by atoms with Gasteiger partial charge in [-0.3, -0.25) is 0 Å². The number of nitrogens with zero attached hydrogens (tertiary/aromatic N) is 2. The highest BCUT2D eigenvalue weighted by Gasteiger charge is 2.11. The van der Waals surface area contributed by atoms with Crippen molar-refractivity contribution in [2.75, 3.05) is 0 Å².